The lowest BCUT2D eigenvalue weighted by Crippen LogP contribution is -2.37. The molecule has 0 aliphatic rings. The van der Waals surface area contributed by atoms with Gasteiger partial charge in [0.05, 0.1) is 18.2 Å². The number of esters is 1. The Hall–Kier alpha value is -2.66. The number of hydrogen-bond acceptors (Lipinski definition) is 4. The zero-order valence-electron chi connectivity index (χ0n) is 14.4. The largest absolute Gasteiger partial charge is 0.462 e. The van der Waals surface area contributed by atoms with Crippen LogP contribution in [0.3, 0.4) is 0 Å². The zero-order valence-corrected chi connectivity index (χ0v) is 14.4. The number of ether oxygens (including phenoxy) is 1. The van der Waals surface area contributed by atoms with Crippen molar-refractivity contribution >= 4 is 17.6 Å². The standard InChI is InChI=1S/C20H24N2O3/c1-2-3-13-25-20(24)16-9-11-17(12-10-16)22-19(23)18(21)14-15-7-5-4-6-8-15/h4-12,18H,2-3,13-14,21H2,1H3,(H,22,23). The maximum atomic E-state index is 12.2. The Morgan fingerprint density at radius 1 is 1.08 bits per heavy atom. The van der Waals surface area contributed by atoms with E-state index >= 15 is 0 Å². The monoisotopic (exact) mass is 340 g/mol. The fourth-order valence-electron chi connectivity index (χ4n) is 2.28. The van der Waals surface area contributed by atoms with Crippen LogP contribution in [0.15, 0.2) is 54.6 Å². The van der Waals surface area contributed by atoms with E-state index in [2.05, 4.69) is 5.32 Å². The molecule has 5 heteroatoms. The number of amides is 1. The summed E-state index contributed by atoms with van der Waals surface area (Å²) >= 11 is 0. The smallest absolute Gasteiger partial charge is 0.338 e. The topological polar surface area (TPSA) is 81.4 Å². The molecule has 2 aromatic carbocycles. The van der Waals surface area contributed by atoms with Gasteiger partial charge in [-0.1, -0.05) is 43.7 Å². The van der Waals surface area contributed by atoms with E-state index in [1.54, 1.807) is 24.3 Å². The maximum Gasteiger partial charge on any atom is 0.338 e. The van der Waals surface area contributed by atoms with Crippen LogP contribution in [-0.4, -0.2) is 24.5 Å². The number of nitrogens with one attached hydrogen (secondary N) is 1. The van der Waals surface area contributed by atoms with Gasteiger partial charge < -0.3 is 15.8 Å². The number of nitrogens with two attached hydrogens (primary N) is 1. The number of anilines is 1. The highest BCUT2D eigenvalue weighted by Crippen LogP contribution is 2.12. The second-order valence-corrected chi connectivity index (χ2v) is 5.85. The summed E-state index contributed by atoms with van der Waals surface area (Å²) < 4.78 is 5.15. The fourth-order valence-corrected chi connectivity index (χ4v) is 2.28. The first-order valence-corrected chi connectivity index (χ1v) is 8.47. The summed E-state index contributed by atoms with van der Waals surface area (Å²) in [4.78, 5) is 24.0. The third kappa shape index (κ3) is 6.04. The number of rotatable bonds is 8. The molecular weight excluding hydrogens is 316 g/mol. The molecular formula is C20H24N2O3. The molecule has 25 heavy (non-hydrogen) atoms. The molecule has 0 aliphatic carbocycles. The van der Waals surface area contributed by atoms with E-state index in [-0.39, 0.29) is 11.9 Å². The molecule has 2 rings (SSSR count). The van der Waals surface area contributed by atoms with Gasteiger partial charge in [0.1, 0.15) is 0 Å². The Morgan fingerprint density at radius 2 is 1.76 bits per heavy atom. The van der Waals surface area contributed by atoms with Crippen LogP contribution >= 0.6 is 0 Å². The van der Waals surface area contributed by atoms with Gasteiger partial charge in [0.2, 0.25) is 5.91 Å². The van der Waals surface area contributed by atoms with Crippen LogP contribution in [0, 0.1) is 0 Å². The van der Waals surface area contributed by atoms with Crippen molar-refractivity contribution in [3.05, 3.63) is 65.7 Å². The lowest BCUT2D eigenvalue weighted by atomic mass is 10.1. The van der Waals surface area contributed by atoms with Crippen LogP contribution in [0.5, 0.6) is 0 Å². The first-order chi connectivity index (χ1) is 12.1. The minimum atomic E-state index is -0.638. The molecule has 2 aromatic rings. The van der Waals surface area contributed by atoms with Crippen molar-refractivity contribution in [1.29, 1.82) is 0 Å². The summed E-state index contributed by atoms with van der Waals surface area (Å²) in [5.41, 5.74) is 8.02. The van der Waals surface area contributed by atoms with E-state index in [0.717, 1.165) is 18.4 Å². The number of carbonyl (C=O) groups excluding carboxylic acids is 2. The SMILES string of the molecule is CCCCOC(=O)c1ccc(NC(=O)C(N)Cc2ccccc2)cc1. The average molecular weight is 340 g/mol. The highest BCUT2D eigenvalue weighted by atomic mass is 16.5. The van der Waals surface area contributed by atoms with Gasteiger partial charge in [-0.2, -0.15) is 0 Å². The Kier molecular flexibility index (Phi) is 7.16. The van der Waals surface area contributed by atoms with Gasteiger partial charge in [0.25, 0.3) is 0 Å². The number of hydrogen-bond donors (Lipinski definition) is 2. The third-order valence-electron chi connectivity index (χ3n) is 3.75. The zero-order chi connectivity index (χ0) is 18.1. The summed E-state index contributed by atoms with van der Waals surface area (Å²) in [6.45, 7) is 2.45. The van der Waals surface area contributed by atoms with E-state index in [1.165, 1.54) is 0 Å². The predicted octanol–water partition coefficient (Wildman–Crippen LogP) is 3.15. The molecule has 1 atom stereocenters. The Morgan fingerprint density at radius 3 is 2.40 bits per heavy atom. The van der Waals surface area contributed by atoms with Crippen molar-refractivity contribution in [3.63, 3.8) is 0 Å². The number of carbonyl (C=O) groups is 2. The van der Waals surface area contributed by atoms with Crippen LogP contribution in [0.4, 0.5) is 5.69 Å². The summed E-state index contributed by atoms with van der Waals surface area (Å²) in [7, 11) is 0. The second kappa shape index (κ2) is 9.59. The average Bonchev–Trinajstić information content (AvgIpc) is 2.63. The normalized spacial score (nSPS) is 11.6. The van der Waals surface area contributed by atoms with Crippen molar-refractivity contribution in [1.82, 2.24) is 0 Å². The van der Waals surface area contributed by atoms with E-state index in [4.69, 9.17) is 10.5 Å². The molecule has 0 spiro atoms. The Balaban J connectivity index is 1.87. The van der Waals surface area contributed by atoms with Gasteiger partial charge in [-0.15, -0.1) is 0 Å². The first kappa shape index (κ1) is 18.7. The van der Waals surface area contributed by atoms with E-state index in [0.29, 0.717) is 24.3 Å². The summed E-state index contributed by atoms with van der Waals surface area (Å²) in [5, 5.41) is 2.76. The summed E-state index contributed by atoms with van der Waals surface area (Å²) in [6, 6.07) is 15.6. The van der Waals surface area contributed by atoms with Crippen LogP contribution in [-0.2, 0) is 16.0 Å². The van der Waals surface area contributed by atoms with Gasteiger partial charge in [-0.05, 0) is 42.7 Å². The van der Waals surface area contributed by atoms with Gasteiger partial charge in [0.15, 0.2) is 0 Å². The third-order valence-corrected chi connectivity index (χ3v) is 3.75. The predicted molar refractivity (Wildman–Crippen MR) is 98.4 cm³/mol. The van der Waals surface area contributed by atoms with Crippen molar-refractivity contribution in [2.45, 2.75) is 32.2 Å². The summed E-state index contributed by atoms with van der Waals surface area (Å²) in [6.07, 6.45) is 2.29. The molecule has 0 aliphatic heterocycles. The molecule has 5 nitrogen and oxygen atoms in total. The Labute approximate surface area is 148 Å². The highest BCUT2D eigenvalue weighted by Gasteiger charge is 2.14. The lowest BCUT2D eigenvalue weighted by Gasteiger charge is -2.12. The first-order valence-electron chi connectivity index (χ1n) is 8.47. The van der Waals surface area contributed by atoms with E-state index in [1.807, 2.05) is 37.3 Å². The minimum absolute atomic E-state index is 0.262. The van der Waals surface area contributed by atoms with Crippen molar-refractivity contribution in [2.24, 2.45) is 5.73 Å². The fraction of sp³-hybridized carbons (Fsp3) is 0.300. The molecule has 132 valence electrons. The van der Waals surface area contributed by atoms with E-state index in [9.17, 15) is 9.59 Å². The summed E-state index contributed by atoms with van der Waals surface area (Å²) in [5.74, 6) is -0.616. The van der Waals surface area contributed by atoms with Crippen LogP contribution in [0.25, 0.3) is 0 Å². The molecule has 0 heterocycles. The van der Waals surface area contributed by atoms with Gasteiger partial charge in [-0.3, -0.25) is 4.79 Å². The highest BCUT2D eigenvalue weighted by molar-refractivity contribution is 5.95. The number of benzene rings is 2. The molecule has 1 amide bonds. The Bertz CT molecular complexity index is 684. The van der Waals surface area contributed by atoms with Gasteiger partial charge in [-0.25, -0.2) is 4.79 Å². The lowest BCUT2D eigenvalue weighted by molar-refractivity contribution is -0.117. The molecule has 3 N–H and O–H groups in total. The second-order valence-electron chi connectivity index (χ2n) is 5.85. The van der Waals surface area contributed by atoms with Crippen molar-refractivity contribution in [3.8, 4) is 0 Å². The van der Waals surface area contributed by atoms with Gasteiger partial charge >= 0.3 is 5.97 Å². The molecule has 0 bridgehead atoms. The van der Waals surface area contributed by atoms with Gasteiger partial charge in [0, 0.05) is 5.69 Å². The molecule has 0 fully saturated rings. The maximum absolute atomic E-state index is 12.2. The molecule has 0 radical (unpaired) electrons. The number of unbranched alkanes of at least 4 members (excludes halogenated alkanes) is 1. The van der Waals surface area contributed by atoms with Crippen LogP contribution in [0.2, 0.25) is 0 Å². The molecule has 0 saturated heterocycles. The van der Waals surface area contributed by atoms with E-state index < -0.39 is 6.04 Å². The van der Waals surface area contributed by atoms with Crippen molar-refractivity contribution < 1.29 is 14.3 Å². The van der Waals surface area contributed by atoms with Crippen molar-refractivity contribution in [2.75, 3.05) is 11.9 Å². The molecule has 0 saturated carbocycles. The van der Waals surface area contributed by atoms with Crippen LogP contribution in [0.1, 0.15) is 35.7 Å². The van der Waals surface area contributed by atoms with Crippen LogP contribution < -0.4 is 11.1 Å². The molecule has 1 unspecified atom stereocenters. The minimum Gasteiger partial charge on any atom is -0.462 e. The quantitative estimate of drug-likeness (QED) is 0.571. The molecule has 0 aromatic heterocycles.